The van der Waals surface area contributed by atoms with Crippen molar-refractivity contribution in [3.8, 4) is 0 Å². The maximum atomic E-state index is 3.98. The Balaban J connectivity index is 1.87. The molecule has 0 aromatic rings. The number of nitrogens with one attached hydrogen (secondary N) is 1. The minimum Gasteiger partial charge on any atom is -0.310 e. The molecule has 94 valence electrons. The van der Waals surface area contributed by atoms with Crippen molar-refractivity contribution in [1.29, 1.82) is 0 Å². The zero-order valence-corrected chi connectivity index (χ0v) is 11.9. The highest BCUT2D eigenvalue weighted by atomic mass is 32.2. The van der Waals surface area contributed by atoms with Crippen molar-refractivity contribution >= 4 is 11.8 Å². The molecule has 0 saturated heterocycles. The predicted octanol–water partition coefficient (Wildman–Crippen LogP) is 3.68. The molecule has 0 aromatic carbocycles. The van der Waals surface area contributed by atoms with E-state index in [4.69, 9.17) is 0 Å². The highest BCUT2D eigenvalue weighted by Gasteiger charge is 2.32. The van der Waals surface area contributed by atoms with Gasteiger partial charge in [-0.25, -0.2) is 0 Å². The maximum absolute atomic E-state index is 3.98. The van der Waals surface area contributed by atoms with E-state index in [0.29, 0.717) is 0 Å². The molecule has 2 saturated carbocycles. The lowest BCUT2D eigenvalue weighted by molar-refractivity contribution is 0.214. The fraction of sp³-hybridized carbons (Fsp3) is 1.00. The predicted molar refractivity (Wildman–Crippen MR) is 74.0 cm³/mol. The second kappa shape index (κ2) is 5.77. The number of thioether (sulfide) groups is 1. The third-order valence-electron chi connectivity index (χ3n) is 4.64. The lowest BCUT2D eigenvalue weighted by Gasteiger charge is -2.36. The summed E-state index contributed by atoms with van der Waals surface area (Å²) in [4.78, 5) is 0. The van der Waals surface area contributed by atoms with Crippen LogP contribution in [0.4, 0.5) is 0 Å². The highest BCUT2D eigenvalue weighted by molar-refractivity contribution is 7.99. The molecule has 2 aliphatic rings. The quantitative estimate of drug-likeness (QED) is 0.809. The third kappa shape index (κ3) is 2.95. The summed E-state index contributed by atoms with van der Waals surface area (Å²) in [5.41, 5.74) is 0. The maximum Gasteiger partial charge on any atom is 0.0198 e. The average molecular weight is 241 g/mol. The molecule has 0 bridgehead atoms. The Morgan fingerprint density at radius 3 is 2.56 bits per heavy atom. The molecule has 0 aliphatic heterocycles. The van der Waals surface area contributed by atoms with Crippen LogP contribution in [0, 0.1) is 11.8 Å². The fourth-order valence-electron chi connectivity index (χ4n) is 3.44. The molecule has 1 nitrogen and oxygen atoms in total. The van der Waals surface area contributed by atoms with Gasteiger partial charge in [0.2, 0.25) is 0 Å². The van der Waals surface area contributed by atoms with Gasteiger partial charge in [-0.05, 0) is 43.8 Å². The Morgan fingerprint density at radius 1 is 1.00 bits per heavy atom. The second-order valence-corrected chi connectivity index (χ2v) is 7.06. The molecule has 2 aliphatic carbocycles. The van der Waals surface area contributed by atoms with Crippen molar-refractivity contribution in [2.75, 3.05) is 6.26 Å². The van der Waals surface area contributed by atoms with Gasteiger partial charge in [-0.15, -0.1) is 0 Å². The molecule has 16 heavy (non-hydrogen) atoms. The van der Waals surface area contributed by atoms with E-state index < -0.39 is 0 Å². The number of hydrogen-bond donors (Lipinski definition) is 1. The number of hydrogen-bond acceptors (Lipinski definition) is 2. The van der Waals surface area contributed by atoms with E-state index in [-0.39, 0.29) is 0 Å². The van der Waals surface area contributed by atoms with E-state index in [0.717, 1.165) is 29.2 Å². The van der Waals surface area contributed by atoms with Crippen molar-refractivity contribution in [2.24, 2.45) is 11.8 Å². The molecule has 2 heteroatoms. The van der Waals surface area contributed by atoms with Gasteiger partial charge in [-0.2, -0.15) is 11.8 Å². The van der Waals surface area contributed by atoms with Gasteiger partial charge in [-0.3, -0.25) is 0 Å². The molecule has 0 radical (unpaired) electrons. The topological polar surface area (TPSA) is 12.0 Å². The first-order valence-electron chi connectivity index (χ1n) is 6.99. The van der Waals surface area contributed by atoms with Crippen molar-refractivity contribution in [3.63, 3.8) is 0 Å². The van der Waals surface area contributed by atoms with E-state index in [9.17, 15) is 0 Å². The summed E-state index contributed by atoms with van der Waals surface area (Å²) in [6.45, 7) is 4.86. The van der Waals surface area contributed by atoms with E-state index in [2.05, 4.69) is 37.2 Å². The van der Waals surface area contributed by atoms with Crippen molar-refractivity contribution in [2.45, 2.75) is 69.7 Å². The highest BCUT2D eigenvalue weighted by Crippen LogP contribution is 2.33. The summed E-state index contributed by atoms with van der Waals surface area (Å²) in [5.74, 6) is 1.82. The van der Waals surface area contributed by atoms with Gasteiger partial charge in [-0.1, -0.05) is 26.7 Å². The average Bonchev–Trinajstić information content (AvgIpc) is 2.71. The molecule has 0 amide bonds. The Labute approximate surface area is 105 Å². The summed E-state index contributed by atoms with van der Waals surface area (Å²) in [5, 5.41) is 4.86. The molecule has 0 spiro atoms. The largest absolute Gasteiger partial charge is 0.310 e. The van der Waals surface area contributed by atoms with Gasteiger partial charge in [0.1, 0.15) is 0 Å². The molecule has 2 rings (SSSR count). The molecule has 5 unspecified atom stereocenters. The molecular formula is C14H27NS. The summed E-state index contributed by atoms with van der Waals surface area (Å²) in [7, 11) is 0. The van der Waals surface area contributed by atoms with Crippen LogP contribution in [0.25, 0.3) is 0 Å². The van der Waals surface area contributed by atoms with Crippen molar-refractivity contribution in [1.82, 2.24) is 5.32 Å². The fourth-order valence-corrected chi connectivity index (χ4v) is 4.38. The molecular weight excluding hydrogens is 214 g/mol. The standard InChI is InChI=1S/C14H27NS/c1-10-7-8-11(2)13(9-10)15-12-5-4-6-14(12)16-3/h10-15H,4-9H2,1-3H3. The first kappa shape index (κ1) is 12.8. The van der Waals surface area contributed by atoms with Crippen LogP contribution in [0.1, 0.15) is 52.4 Å². The Kier molecular flexibility index (Phi) is 4.60. The molecule has 0 heterocycles. The molecule has 2 fully saturated rings. The van der Waals surface area contributed by atoms with Gasteiger partial charge in [0.15, 0.2) is 0 Å². The lowest BCUT2D eigenvalue weighted by Crippen LogP contribution is -2.47. The first-order valence-corrected chi connectivity index (χ1v) is 8.28. The van der Waals surface area contributed by atoms with Crippen LogP contribution in [-0.4, -0.2) is 23.6 Å². The van der Waals surface area contributed by atoms with Crippen LogP contribution in [0.3, 0.4) is 0 Å². The molecule has 1 N–H and O–H groups in total. The van der Waals surface area contributed by atoms with Gasteiger partial charge in [0, 0.05) is 17.3 Å². The minimum absolute atomic E-state index is 0.793. The zero-order valence-electron chi connectivity index (χ0n) is 11.0. The minimum atomic E-state index is 0.793. The van der Waals surface area contributed by atoms with Gasteiger partial charge < -0.3 is 5.32 Å². The van der Waals surface area contributed by atoms with E-state index in [1.807, 2.05) is 0 Å². The summed E-state index contributed by atoms with van der Waals surface area (Å²) in [6, 6.07) is 1.59. The lowest BCUT2D eigenvalue weighted by atomic mass is 9.80. The normalized spacial score (nSPS) is 44.8. The Hall–Kier alpha value is 0.310. The van der Waals surface area contributed by atoms with Crippen molar-refractivity contribution in [3.05, 3.63) is 0 Å². The first-order chi connectivity index (χ1) is 7.70. The molecule has 5 atom stereocenters. The van der Waals surface area contributed by atoms with Crippen molar-refractivity contribution < 1.29 is 0 Å². The van der Waals surface area contributed by atoms with Gasteiger partial charge >= 0.3 is 0 Å². The summed E-state index contributed by atoms with van der Waals surface area (Å²) >= 11 is 2.07. The van der Waals surface area contributed by atoms with E-state index in [1.165, 1.54) is 38.5 Å². The van der Waals surface area contributed by atoms with E-state index in [1.54, 1.807) is 0 Å². The monoisotopic (exact) mass is 241 g/mol. The van der Waals surface area contributed by atoms with Crippen LogP contribution in [0.15, 0.2) is 0 Å². The summed E-state index contributed by atoms with van der Waals surface area (Å²) in [6.07, 6.45) is 10.8. The smallest absolute Gasteiger partial charge is 0.0198 e. The van der Waals surface area contributed by atoms with E-state index >= 15 is 0 Å². The third-order valence-corrected chi connectivity index (χ3v) is 5.81. The summed E-state index contributed by atoms with van der Waals surface area (Å²) < 4.78 is 0. The molecule has 0 aromatic heterocycles. The zero-order chi connectivity index (χ0) is 11.5. The Bertz CT molecular complexity index is 219. The van der Waals surface area contributed by atoms with Gasteiger partial charge in [0.05, 0.1) is 0 Å². The van der Waals surface area contributed by atoms with Gasteiger partial charge in [0.25, 0.3) is 0 Å². The van der Waals surface area contributed by atoms with Crippen LogP contribution >= 0.6 is 11.8 Å². The van der Waals surface area contributed by atoms with Crippen LogP contribution in [0.5, 0.6) is 0 Å². The van der Waals surface area contributed by atoms with Crippen LogP contribution < -0.4 is 5.32 Å². The number of rotatable bonds is 3. The van der Waals surface area contributed by atoms with Crippen LogP contribution in [0.2, 0.25) is 0 Å². The van der Waals surface area contributed by atoms with Crippen LogP contribution in [-0.2, 0) is 0 Å². The SMILES string of the molecule is CSC1CCCC1NC1CC(C)CCC1C. The Morgan fingerprint density at radius 2 is 1.81 bits per heavy atom. The second-order valence-electron chi connectivity index (χ2n) is 5.98.